The number of hydrogen-bond acceptors (Lipinski definition) is 2. The van der Waals surface area contributed by atoms with Gasteiger partial charge in [0.1, 0.15) is 0 Å². The second-order valence-electron chi connectivity index (χ2n) is 5.12. The Labute approximate surface area is 119 Å². The lowest BCUT2D eigenvalue weighted by atomic mass is 10.0. The number of benzene rings is 1. The highest BCUT2D eigenvalue weighted by atomic mass is 16.4. The SMILES string of the molecule is CCCc1nc(-c2cc(C)cc(C)c2)ccc1C(=O)O. The highest BCUT2D eigenvalue weighted by Gasteiger charge is 2.12. The summed E-state index contributed by atoms with van der Waals surface area (Å²) in [6.07, 6.45) is 1.56. The minimum Gasteiger partial charge on any atom is -0.478 e. The second kappa shape index (κ2) is 5.87. The fraction of sp³-hybridized carbons (Fsp3) is 0.294. The summed E-state index contributed by atoms with van der Waals surface area (Å²) in [6.45, 7) is 6.13. The normalized spacial score (nSPS) is 10.6. The Bertz CT molecular complexity index is 627. The van der Waals surface area contributed by atoms with Crippen molar-refractivity contribution in [2.45, 2.75) is 33.6 Å². The van der Waals surface area contributed by atoms with Crippen LogP contribution in [0, 0.1) is 13.8 Å². The van der Waals surface area contributed by atoms with E-state index < -0.39 is 5.97 Å². The number of aryl methyl sites for hydroxylation is 3. The van der Waals surface area contributed by atoms with E-state index in [1.165, 1.54) is 11.1 Å². The van der Waals surface area contributed by atoms with Crippen molar-refractivity contribution >= 4 is 5.97 Å². The first kappa shape index (κ1) is 14.3. The molecule has 0 fully saturated rings. The van der Waals surface area contributed by atoms with E-state index in [2.05, 4.69) is 37.0 Å². The van der Waals surface area contributed by atoms with Crippen molar-refractivity contribution in [3.63, 3.8) is 0 Å². The van der Waals surface area contributed by atoms with Gasteiger partial charge in [-0.15, -0.1) is 0 Å². The van der Waals surface area contributed by atoms with Gasteiger partial charge in [-0.3, -0.25) is 4.98 Å². The first-order valence-corrected chi connectivity index (χ1v) is 6.83. The van der Waals surface area contributed by atoms with Gasteiger partial charge in [-0.1, -0.05) is 30.5 Å². The van der Waals surface area contributed by atoms with E-state index >= 15 is 0 Å². The number of aromatic carboxylic acids is 1. The number of pyridine rings is 1. The lowest BCUT2D eigenvalue weighted by Crippen LogP contribution is -2.05. The molecular formula is C17H19NO2. The molecule has 0 radical (unpaired) electrons. The van der Waals surface area contributed by atoms with Crippen LogP contribution in [0.1, 0.15) is 40.5 Å². The molecule has 2 aromatic rings. The number of nitrogens with zero attached hydrogens (tertiary/aromatic N) is 1. The number of carbonyl (C=O) groups is 1. The van der Waals surface area contributed by atoms with E-state index in [1.54, 1.807) is 12.1 Å². The van der Waals surface area contributed by atoms with Crippen LogP contribution in [0.4, 0.5) is 0 Å². The number of rotatable bonds is 4. The predicted molar refractivity (Wildman–Crippen MR) is 80.1 cm³/mol. The molecule has 1 heterocycles. The molecule has 0 amide bonds. The van der Waals surface area contributed by atoms with E-state index in [0.29, 0.717) is 17.7 Å². The van der Waals surface area contributed by atoms with Crippen molar-refractivity contribution in [2.24, 2.45) is 0 Å². The molecule has 3 nitrogen and oxygen atoms in total. The zero-order valence-corrected chi connectivity index (χ0v) is 12.1. The molecule has 0 saturated carbocycles. The largest absolute Gasteiger partial charge is 0.478 e. The fourth-order valence-corrected chi connectivity index (χ4v) is 2.41. The standard InChI is InChI=1S/C17H19NO2/c1-4-5-16-14(17(19)20)6-7-15(18-16)13-9-11(2)8-12(3)10-13/h6-10H,4-5H2,1-3H3,(H,19,20). The van der Waals surface area contributed by atoms with Crippen LogP contribution in [-0.2, 0) is 6.42 Å². The molecular weight excluding hydrogens is 250 g/mol. The molecule has 1 N–H and O–H groups in total. The van der Waals surface area contributed by atoms with Crippen molar-refractivity contribution in [3.8, 4) is 11.3 Å². The summed E-state index contributed by atoms with van der Waals surface area (Å²) in [5.41, 5.74) is 5.21. The van der Waals surface area contributed by atoms with E-state index in [4.69, 9.17) is 0 Å². The van der Waals surface area contributed by atoms with E-state index in [0.717, 1.165) is 17.7 Å². The van der Waals surface area contributed by atoms with Crippen LogP contribution in [0.5, 0.6) is 0 Å². The summed E-state index contributed by atoms with van der Waals surface area (Å²) < 4.78 is 0. The molecule has 0 aliphatic heterocycles. The van der Waals surface area contributed by atoms with Crippen LogP contribution in [0.15, 0.2) is 30.3 Å². The van der Waals surface area contributed by atoms with Gasteiger partial charge in [-0.05, 0) is 44.5 Å². The van der Waals surface area contributed by atoms with E-state index in [1.807, 2.05) is 6.92 Å². The van der Waals surface area contributed by atoms with Gasteiger partial charge in [0.15, 0.2) is 0 Å². The Kier molecular flexibility index (Phi) is 4.18. The summed E-state index contributed by atoms with van der Waals surface area (Å²) in [4.78, 5) is 15.8. The Morgan fingerprint density at radius 1 is 1.15 bits per heavy atom. The van der Waals surface area contributed by atoms with Crippen LogP contribution < -0.4 is 0 Å². The molecule has 1 aromatic heterocycles. The molecule has 0 unspecified atom stereocenters. The van der Waals surface area contributed by atoms with Crippen molar-refractivity contribution in [1.82, 2.24) is 4.98 Å². The fourth-order valence-electron chi connectivity index (χ4n) is 2.41. The Hall–Kier alpha value is -2.16. The third kappa shape index (κ3) is 3.05. The minimum absolute atomic E-state index is 0.306. The Balaban J connectivity index is 2.52. The molecule has 0 saturated heterocycles. The molecule has 0 atom stereocenters. The number of carboxylic acid groups (broad SMARTS) is 1. The minimum atomic E-state index is -0.909. The Morgan fingerprint density at radius 3 is 2.35 bits per heavy atom. The summed E-state index contributed by atoms with van der Waals surface area (Å²) >= 11 is 0. The summed E-state index contributed by atoms with van der Waals surface area (Å²) in [7, 11) is 0. The van der Waals surface area contributed by atoms with Crippen molar-refractivity contribution in [1.29, 1.82) is 0 Å². The Morgan fingerprint density at radius 2 is 1.80 bits per heavy atom. The molecule has 104 valence electrons. The maximum Gasteiger partial charge on any atom is 0.337 e. The second-order valence-corrected chi connectivity index (χ2v) is 5.12. The summed E-state index contributed by atoms with van der Waals surface area (Å²) in [5.74, 6) is -0.909. The topological polar surface area (TPSA) is 50.2 Å². The summed E-state index contributed by atoms with van der Waals surface area (Å²) in [6, 6.07) is 9.71. The van der Waals surface area contributed by atoms with Gasteiger partial charge in [-0.2, -0.15) is 0 Å². The third-order valence-electron chi connectivity index (χ3n) is 3.21. The maximum absolute atomic E-state index is 11.2. The van der Waals surface area contributed by atoms with Gasteiger partial charge in [-0.25, -0.2) is 4.79 Å². The van der Waals surface area contributed by atoms with Crippen LogP contribution in [0.2, 0.25) is 0 Å². The molecule has 3 heteroatoms. The lowest BCUT2D eigenvalue weighted by Gasteiger charge is -2.09. The lowest BCUT2D eigenvalue weighted by molar-refractivity contribution is 0.0695. The van der Waals surface area contributed by atoms with E-state index in [9.17, 15) is 9.90 Å². The molecule has 2 rings (SSSR count). The van der Waals surface area contributed by atoms with E-state index in [-0.39, 0.29) is 0 Å². The smallest absolute Gasteiger partial charge is 0.337 e. The molecule has 0 aliphatic carbocycles. The zero-order chi connectivity index (χ0) is 14.7. The molecule has 0 aliphatic rings. The average molecular weight is 269 g/mol. The quantitative estimate of drug-likeness (QED) is 0.912. The molecule has 20 heavy (non-hydrogen) atoms. The first-order chi connectivity index (χ1) is 9.51. The maximum atomic E-state index is 11.2. The molecule has 0 spiro atoms. The summed E-state index contributed by atoms with van der Waals surface area (Å²) in [5, 5.41) is 9.20. The third-order valence-corrected chi connectivity index (χ3v) is 3.21. The predicted octanol–water partition coefficient (Wildman–Crippen LogP) is 4.02. The van der Waals surface area contributed by atoms with Gasteiger partial charge >= 0.3 is 5.97 Å². The van der Waals surface area contributed by atoms with Crippen LogP contribution in [0.3, 0.4) is 0 Å². The van der Waals surface area contributed by atoms with Gasteiger partial charge in [0, 0.05) is 5.56 Å². The van der Waals surface area contributed by atoms with Crippen LogP contribution >= 0.6 is 0 Å². The number of aromatic nitrogens is 1. The average Bonchev–Trinajstić information content (AvgIpc) is 2.37. The monoisotopic (exact) mass is 269 g/mol. The number of carboxylic acids is 1. The van der Waals surface area contributed by atoms with Gasteiger partial charge in [0.2, 0.25) is 0 Å². The highest BCUT2D eigenvalue weighted by molar-refractivity contribution is 5.89. The number of hydrogen-bond donors (Lipinski definition) is 1. The van der Waals surface area contributed by atoms with Gasteiger partial charge in [0.05, 0.1) is 17.0 Å². The van der Waals surface area contributed by atoms with Crippen LogP contribution in [-0.4, -0.2) is 16.1 Å². The molecule has 0 bridgehead atoms. The van der Waals surface area contributed by atoms with Gasteiger partial charge in [0.25, 0.3) is 0 Å². The van der Waals surface area contributed by atoms with Crippen LogP contribution in [0.25, 0.3) is 11.3 Å². The zero-order valence-electron chi connectivity index (χ0n) is 12.1. The van der Waals surface area contributed by atoms with Gasteiger partial charge < -0.3 is 5.11 Å². The molecule has 1 aromatic carbocycles. The van der Waals surface area contributed by atoms with Crippen molar-refractivity contribution in [2.75, 3.05) is 0 Å². The first-order valence-electron chi connectivity index (χ1n) is 6.83. The van der Waals surface area contributed by atoms with Crippen molar-refractivity contribution < 1.29 is 9.90 Å². The van der Waals surface area contributed by atoms with Crippen molar-refractivity contribution in [3.05, 3.63) is 52.7 Å². The highest BCUT2D eigenvalue weighted by Crippen LogP contribution is 2.22.